The van der Waals surface area contributed by atoms with Crippen LogP contribution in [0.1, 0.15) is 17.7 Å². The van der Waals surface area contributed by atoms with Crippen LogP contribution in [0.4, 0.5) is 23.4 Å². The highest BCUT2D eigenvalue weighted by Gasteiger charge is 2.27. The van der Waals surface area contributed by atoms with E-state index in [9.17, 15) is 17.6 Å². The van der Waals surface area contributed by atoms with Crippen LogP contribution in [-0.2, 0) is 12.8 Å². The number of nitrogen functional groups attached to an aromatic ring is 1. The SMILES string of the molecule is Nc1nn(-c2c(F)c(F)cc(F)c2F)c2c1CCC2. The highest BCUT2D eigenvalue weighted by atomic mass is 19.2. The van der Waals surface area contributed by atoms with Crippen LogP contribution >= 0.6 is 0 Å². The fraction of sp³-hybridized carbons (Fsp3) is 0.250. The highest BCUT2D eigenvalue weighted by molar-refractivity contribution is 5.50. The first-order valence-corrected chi connectivity index (χ1v) is 5.70. The lowest BCUT2D eigenvalue weighted by atomic mass is 10.2. The molecule has 0 radical (unpaired) electrons. The van der Waals surface area contributed by atoms with Crippen molar-refractivity contribution in [1.82, 2.24) is 9.78 Å². The minimum atomic E-state index is -1.48. The highest BCUT2D eigenvalue weighted by Crippen LogP contribution is 2.31. The van der Waals surface area contributed by atoms with Gasteiger partial charge >= 0.3 is 0 Å². The van der Waals surface area contributed by atoms with E-state index < -0.39 is 29.0 Å². The molecule has 2 aromatic rings. The molecule has 0 unspecified atom stereocenters. The standard InChI is InChI=1S/C12H9F4N3/c13-6-4-7(14)10(16)11(9(6)15)19-8-3-1-2-5(8)12(17)18-19/h4H,1-3H2,(H2,17,18). The molecule has 1 heterocycles. The summed E-state index contributed by atoms with van der Waals surface area (Å²) in [5, 5.41) is 3.79. The number of anilines is 1. The van der Waals surface area contributed by atoms with Crippen molar-refractivity contribution in [3.8, 4) is 5.69 Å². The largest absolute Gasteiger partial charge is 0.382 e. The number of fused-ring (bicyclic) bond motifs is 1. The van der Waals surface area contributed by atoms with Crippen LogP contribution in [0.15, 0.2) is 6.07 Å². The zero-order chi connectivity index (χ0) is 13.7. The molecule has 0 saturated carbocycles. The molecule has 0 spiro atoms. The van der Waals surface area contributed by atoms with Gasteiger partial charge in [-0.3, -0.25) is 0 Å². The molecular weight excluding hydrogens is 262 g/mol. The normalized spacial score (nSPS) is 13.9. The molecule has 7 heteroatoms. The number of hydrogen-bond donors (Lipinski definition) is 1. The second kappa shape index (κ2) is 3.97. The monoisotopic (exact) mass is 271 g/mol. The van der Waals surface area contributed by atoms with E-state index in [0.29, 0.717) is 24.1 Å². The van der Waals surface area contributed by atoms with Gasteiger partial charge in [0.1, 0.15) is 11.5 Å². The van der Waals surface area contributed by atoms with Crippen LogP contribution in [0.2, 0.25) is 0 Å². The molecule has 0 aliphatic heterocycles. The summed E-state index contributed by atoms with van der Waals surface area (Å²) in [4.78, 5) is 0. The summed E-state index contributed by atoms with van der Waals surface area (Å²) in [6.45, 7) is 0. The van der Waals surface area contributed by atoms with Gasteiger partial charge in [-0.05, 0) is 19.3 Å². The van der Waals surface area contributed by atoms with Gasteiger partial charge in [0.05, 0.1) is 0 Å². The first-order valence-electron chi connectivity index (χ1n) is 5.70. The Balaban J connectivity index is 2.32. The molecule has 1 aromatic carbocycles. The van der Waals surface area contributed by atoms with Crippen molar-refractivity contribution in [3.63, 3.8) is 0 Å². The van der Waals surface area contributed by atoms with Crippen LogP contribution in [0.3, 0.4) is 0 Å². The van der Waals surface area contributed by atoms with E-state index in [4.69, 9.17) is 5.73 Å². The number of hydrogen-bond acceptors (Lipinski definition) is 2. The summed E-state index contributed by atoms with van der Waals surface area (Å²) in [7, 11) is 0. The molecule has 19 heavy (non-hydrogen) atoms. The van der Waals surface area contributed by atoms with Gasteiger partial charge in [0.2, 0.25) is 0 Å². The molecule has 1 aliphatic rings. The van der Waals surface area contributed by atoms with E-state index in [1.54, 1.807) is 0 Å². The Kier molecular flexibility index (Phi) is 2.51. The van der Waals surface area contributed by atoms with Crippen LogP contribution in [-0.4, -0.2) is 9.78 Å². The van der Waals surface area contributed by atoms with E-state index >= 15 is 0 Å². The number of benzene rings is 1. The van der Waals surface area contributed by atoms with E-state index in [1.165, 1.54) is 0 Å². The maximum atomic E-state index is 13.7. The molecule has 0 atom stereocenters. The number of nitrogens with zero attached hydrogens (tertiary/aromatic N) is 2. The number of aromatic nitrogens is 2. The summed E-state index contributed by atoms with van der Waals surface area (Å²) in [6.07, 6.45) is 1.91. The second-order valence-corrected chi connectivity index (χ2v) is 4.39. The fourth-order valence-corrected chi connectivity index (χ4v) is 2.40. The predicted molar refractivity (Wildman–Crippen MR) is 59.8 cm³/mol. The van der Waals surface area contributed by atoms with Gasteiger partial charge in [0, 0.05) is 17.3 Å². The Bertz CT molecular complexity index is 652. The van der Waals surface area contributed by atoms with Gasteiger partial charge < -0.3 is 5.73 Å². The molecule has 0 fully saturated rings. The number of nitrogens with two attached hydrogens (primary N) is 1. The fourth-order valence-electron chi connectivity index (χ4n) is 2.40. The molecule has 0 saturated heterocycles. The summed E-state index contributed by atoms with van der Waals surface area (Å²) < 4.78 is 54.7. The van der Waals surface area contributed by atoms with E-state index in [-0.39, 0.29) is 11.9 Å². The lowest BCUT2D eigenvalue weighted by Gasteiger charge is -2.09. The molecule has 100 valence electrons. The molecule has 0 amide bonds. The van der Waals surface area contributed by atoms with Crippen LogP contribution < -0.4 is 5.73 Å². The third-order valence-corrected chi connectivity index (χ3v) is 3.26. The predicted octanol–water partition coefficient (Wildman–Crippen LogP) is 2.50. The number of rotatable bonds is 1. The molecule has 1 aromatic heterocycles. The van der Waals surface area contributed by atoms with Crippen LogP contribution in [0, 0.1) is 23.3 Å². The van der Waals surface area contributed by atoms with Gasteiger partial charge in [-0.25, -0.2) is 22.2 Å². The minimum absolute atomic E-state index is 0.135. The van der Waals surface area contributed by atoms with Crippen molar-refractivity contribution < 1.29 is 17.6 Å². The smallest absolute Gasteiger partial charge is 0.187 e. The van der Waals surface area contributed by atoms with E-state index in [2.05, 4.69) is 5.10 Å². The summed E-state index contributed by atoms with van der Waals surface area (Å²) in [5.74, 6) is -5.74. The first-order chi connectivity index (χ1) is 9.00. The topological polar surface area (TPSA) is 43.8 Å². The zero-order valence-electron chi connectivity index (χ0n) is 9.68. The van der Waals surface area contributed by atoms with Crippen molar-refractivity contribution in [2.24, 2.45) is 0 Å². The number of halogens is 4. The minimum Gasteiger partial charge on any atom is -0.382 e. The quantitative estimate of drug-likeness (QED) is 0.639. The zero-order valence-corrected chi connectivity index (χ0v) is 9.68. The summed E-state index contributed by atoms with van der Waals surface area (Å²) in [5.41, 5.74) is 5.97. The Labute approximate surface area is 105 Å². The molecular formula is C12H9F4N3. The lowest BCUT2D eigenvalue weighted by Crippen LogP contribution is -2.10. The third kappa shape index (κ3) is 1.61. The van der Waals surface area contributed by atoms with Gasteiger partial charge in [-0.1, -0.05) is 0 Å². The second-order valence-electron chi connectivity index (χ2n) is 4.39. The molecule has 0 bridgehead atoms. The molecule has 1 aliphatic carbocycles. The summed E-state index contributed by atoms with van der Waals surface area (Å²) in [6, 6.07) is 0.168. The third-order valence-electron chi connectivity index (χ3n) is 3.26. The summed E-state index contributed by atoms with van der Waals surface area (Å²) >= 11 is 0. The van der Waals surface area contributed by atoms with Crippen molar-refractivity contribution in [3.05, 3.63) is 40.6 Å². The van der Waals surface area contributed by atoms with Gasteiger partial charge in [-0.2, -0.15) is 0 Å². The van der Waals surface area contributed by atoms with Crippen LogP contribution in [0.25, 0.3) is 5.69 Å². The van der Waals surface area contributed by atoms with Crippen LogP contribution in [0.5, 0.6) is 0 Å². The average Bonchev–Trinajstić information content (AvgIpc) is 2.93. The lowest BCUT2D eigenvalue weighted by molar-refractivity contribution is 0.443. The van der Waals surface area contributed by atoms with E-state index in [1.807, 2.05) is 0 Å². The Morgan fingerprint density at radius 3 is 2.32 bits per heavy atom. The maximum absolute atomic E-state index is 13.7. The van der Waals surface area contributed by atoms with Crippen molar-refractivity contribution in [1.29, 1.82) is 0 Å². The van der Waals surface area contributed by atoms with Gasteiger partial charge in [-0.15, -0.1) is 5.10 Å². The Hall–Kier alpha value is -2.05. The van der Waals surface area contributed by atoms with Crippen molar-refractivity contribution in [2.45, 2.75) is 19.3 Å². The Morgan fingerprint density at radius 1 is 1.05 bits per heavy atom. The molecule has 3 rings (SSSR count). The van der Waals surface area contributed by atoms with Gasteiger partial charge in [0.25, 0.3) is 0 Å². The van der Waals surface area contributed by atoms with Crippen molar-refractivity contribution >= 4 is 5.82 Å². The molecule has 2 N–H and O–H groups in total. The maximum Gasteiger partial charge on any atom is 0.187 e. The first kappa shape index (κ1) is 12.0. The van der Waals surface area contributed by atoms with E-state index in [0.717, 1.165) is 11.1 Å². The van der Waals surface area contributed by atoms with Crippen molar-refractivity contribution in [2.75, 3.05) is 5.73 Å². The average molecular weight is 271 g/mol. The van der Waals surface area contributed by atoms with Gasteiger partial charge in [0.15, 0.2) is 23.3 Å². The Morgan fingerprint density at radius 2 is 1.68 bits per heavy atom. The molecule has 3 nitrogen and oxygen atoms in total.